The summed E-state index contributed by atoms with van der Waals surface area (Å²) in [6.45, 7) is 11.2. The van der Waals surface area contributed by atoms with Crippen LogP contribution in [0.5, 0.6) is 5.75 Å². The van der Waals surface area contributed by atoms with Gasteiger partial charge in [0.1, 0.15) is 17.7 Å². The van der Waals surface area contributed by atoms with Crippen molar-refractivity contribution in [2.45, 2.75) is 84.3 Å². The maximum atomic E-state index is 12.5. The van der Waals surface area contributed by atoms with Crippen molar-refractivity contribution < 1.29 is 19.1 Å². The number of hydrogen-bond donors (Lipinski definition) is 1. The molecule has 1 aliphatic carbocycles. The van der Waals surface area contributed by atoms with Gasteiger partial charge in [-0.25, -0.2) is 9.78 Å². The van der Waals surface area contributed by atoms with E-state index in [1.807, 2.05) is 49.3 Å². The van der Waals surface area contributed by atoms with Crippen LogP contribution in [-0.4, -0.2) is 81.6 Å². The summed E-state index contributed by atoms with van der Waals surface area (Å²) in [6, 6.07) is 6.28. The van der Waals surface area contributed by atoms with Crippen LogP contribution in [0.3, 0.4) is 0 Å². The summed E-state index contributed by atoms with van der Waals surface area (Å²) in [7, 11) is 1.59. The fourth-order valence-corrected chi connectivity index (χ4v) is 6.54. The number of benzene rings is 1. The number of imidazole rings is 1. The molecule has 0 spiro atoms. The Morgan fingerprint density at radius 2 is 1.86 bits per heavy atom. The number of hydrogen-bond acceptors (Lipinski definition) is 7. The molecule has 1 saturated heterocycles. The molecule has 2 aromatic heterocycles. The molecule has 1 N–H and O–H groups in total. The number of nitrogens with zero attached hydrogens (tertiary/aromatic N) is 5. The Kier molecular flexibility index (Phi) is 9.30. The number of ether oxygens (including phenoxy) is 2. The molecule has 0 radical (unpaired) electrons. The Hall–Kier alpha value is -3.66. The third kappa shape index (κ3) is 6.38. The number of amides is 2. The zero-order valence-electron chi connectivity index (χ0n) is 25.6. The molecule has 3 heterocycles. The first-order valence-electron chi connectivity index (χ1n) is 15.3. The standard InChI is InChI=1S/C32H44N6O4/c1-6-7-21(2)42-32(40)34-27-13-10-25(20-28(27)41-5)29-30-22(3)33-14-15-38(30)31(35-29)24-8-11-26(12-9-24)37-18-16-36(17-19-37)23(4)39/h10,13-15,20-21,24,26H,6-9,11-12,16-19H2,1-5H3,(H,34,40)/t21?,24-,26-. The van der Waals surface area contributed by atoms with Crippen molar-refractivity contribution in [1.82, 2.24) is 24.2 Å². The summed E-state index contributed by atoms with van der Waals surface area (Å²) in [5.41, 5.74) is 4.23. The third-order valence-electron chi connectivity index (χ3n) is 8.82. The van der Waals surface area contributed by atoms with E-state index in [-0.39, 0.29) is 12.0 Å². The van der Waals surface area contributed by atoms with Crippen LogP contribution in [0.4, 0.5) is 10.5 Å². The average molecular weight is 577 g/mol. The zero-order valence-corrected chi connectivity index (χ0v) is 25.6. The average Bonchev–Trinajstić information content (AvgIpc) is 3.38. The van der Waals surface area contributed by atoms with E-state index in [4.69, 9.17) is 14.5 Å². The predicted molar refractivity (Wildman–Crippen MR) is 163 cm³/mol. The van der Waals surface area contributed by atoms with Crippen molar-refractivity contribution in [3.63, 3.8) is 0 Å². The molecule has 42 heavy (non-hydrogen) atoms. The molecule has 0 bridgehead atoms. The Morgan fingerprint density at radius 1 is 1.12 bits per heavy atom. The van der Waals surface area contributed by atoms with Crippen molar-refractivity contribution >= 4 is 23.2 Å². The summed E-state index contributed by atoms with van der Waals surface area (Å²) in [5.74, 6) is 2.14. The first kappa shape index (κ1) is 29.8. The van der Waals surface area contributed by atoms with Crippen LogP contribution in [-0.2, 0) is 9.53 Å². The fourth-order valence-electron chi connectivity index (χ4n) is 6.54. The topological polar surface area (TPSA) is 101 Å². The second-order valence-corrected chi connectivity index (χ2v) is 11.6. The molecule has 10 nitrogen and oxygen atoms in total. The van der Waals surface area contributed by atoms with Crippen LogP contribution in [0.1, 0.15) is 76.7 Å². The Balaban J connectivity index is 1.34. The maximum absolute atomic E-state index is 12.5. The van der Waals surface area contributed by atoms with Gasteiger partial charge < -0.3 is 14.4 Å². The number of nitrogens with one attached hydrogen (secondary N) is 1. The molecule has 1 unspecified atom stereocenters. The summed E-state index contributed by atoms with van der Waals surface area (Å²) < 4.78 is 13.3. The van der Waals surface area contributed by atoms with Gasteiger partial charge in [-0.2, -0.15) is 0 Å². The van der Waals surface area contributed by atoms with Gasteiger partial charge in [-0.15, -0.1) is 0 Å². The lowest BCUT2D eigenvalue weighted by Gasteiger charge is -2.41. The van der Waals surface area contributed by atoms with Crippen molar-refractivity contribution in [3.05, 3.63) is 42.1 Å². The normalized spacial score (nSPS) is 20.4. The van der Waals surface area contributed by atoms with Gasteiger partial charge in [-0.1, -0.05) is 19.4 Å². The van der Waals surface area contributed by atoms with E-state index in [2.05, 4.69) is 26.5 Å². The van der Waals surface area contributed by atoms with Crippen molar-refractivity contribution in [1.29, 1.82) is 0 Å². The summed E-state index contributed by atoms with van der Waals surface area (Å²) in [6.07, 6.45) is 9.36. The number of rotatable bonds is 8. The molecule has 1 aliphatic heterocycles. The van der Waals surface area contributed by atoms with Gasteiger partial charge in [0, 0.05) is 63.0 Å². The lowest BCUT2D eigenvalue weighted by atomic mass is 9.84. The van der Waals surface area contributed by atoms with E-state index < -0.39 is 6.09 Å². The molecule has 226 valence electrons. The van der Waals surface area contributed by atoms with Gasteiger partial charge >= 0.3 is 6.09 Å². The Labute approximate surface area is 248 Å². The minimum atomic E-state index is -0.492. The molecule has 2 fully saturated rings. The zero-order chi connectivity index (χ0) is 29.8. The Bertz CT molecular complexity index is 1410. The van der Waals surface area contributed by atoms with Crippen LogP contribution in [0, 0.1) is 6.92 Å². The van der Waals surface area contributed by atoms with Gasteiger partial charge in [-0.3, -0.25) is 24.4 Å². The van der Waals surface area contributed by atoms with E-state index in [1.54, 1.807) is 14.0 Å². The SMILES string of the molecule is CCCC(C)OC(=O)Nc1ccc(-c2nc([C@H]3CC[C@H](N4CCN(C(C)=O)CC4)CC3)n3ccnc(C)c23)cc1OC. The lowest BCUT2D eigenvalue weighted by Crippen LogP contribution is -2.52. The Morgan fingerprint density at radius 3 is 2.52 bits per heavy atom. The van der Waals surface area contributed by atoms with E-state index in [9.17, 15) is 9.59 Å². The maximum Gasteiger partial charge on any atom is 0.412 e. The molecular weight excluding hydrogens is 532 g/mol. The number of anilines is 1. The van der Waals surface area contributed by atoms with Crippen LogP contribution in [0.25, 0.3) is 16.8 Å². The number of fused-ring (bicyclic) bond motifs is 1. The minimum absolute atomic E-state index is 0.155. The minimum Gasteiger partial charge on any atom is -0.495 e. The molecule has 2 aliphatic rings. The molecule has 5 rings (SSSR count). The number of piperazine rings is 1. The van der Waals surface area contributed by atoms with Crippen molar-refractivity contribution in [3.8, 4) is 17.0 Å². The fraction of sp³-hybridized carbons (Fsp3) is 0.562. The van der Waals surface area contributed by atoms with Crippen LogP contribution < -0.4 is 10.1 Å². The first-order valence-corrected chi connectivity index (χ1v) is 15.3. The highest BCUT2D eigenvalue weighted by atomic mass is 16.6. The van der Waals surface area contributed by atoms with Gasteiger partial charge in [-0.05, 0) is 58.1 Å². The van der Waals surface area contributed by atoms with E-state index >= 15 is 0 Å². The summed E-state index contributed by atoms with van der Waals surface area (Å²) >= 11 is 0. The number of carbonyl (C=O) groups is 2. The molecule has 1 saturated carbocycles. The molecule has 1 atom stereocenters. The monoisotopic (exact) mass is 576 g/mol. The molecular formula is C32H44N6O4. The van der Waals surface area contributed by atoms with Crippen LogP contribution >= 0.6 is 0 Å². The first-order chi connectivity index (χ1) is 20.3. The summed E-state index contributed by atoms with van der Waals surface area (Å²) in [4.78, 5) is 38.5. The van der Waals surface area contributed by atoms with Gasteiger partial charge in [0.2, 0.25) is 5.91 Å². The predicted octanol–water partition coefficient (Wildman–Crippen LogP) is 5.64. The molecule has 3 aromatic rings. The highest BCUT2D eigenvalue weighted by Gasteiger charge is 2.32. The largest absolute Gasteiger partial charge is 0.495 e. The molecule has 10 heteroatoms. The van der Waals surface area contributed by atoms with Gasteiger partial charge in [0.15, 0.2) is 0 Å². The lowest BCUT2D eigenvalue weighted by molar-refractivity contribution is -0.131. The number of carbonyl (C=O) groups excluding carboxylic acids is 2. The second kappa shape index (κ2) is 13.1. The van der Waals surface area contributed by atoms with Crippen molar-refractivity contribution in [2.24, 2.45) is 0 Å². The molecule has 2 amide bonds. The second-order valence-electron chi connectivity index (χ2n) is 11.6. The van der Waals surface area contributed by atoms with E-state index in [0.29, 0.717) is 23.4 Å². The highest BCUT2D eigenvalue weighted by Crippen LogP contribution is 2.39. The number of aromatic nitrogens is 3. The van der Waals surface area contributed by atoms with Gasteiger partial charge in [0.25, 0.3) is 0 Å². The van der Waals surface area contributed by atoms with Crippen LogP contribution in [0.2, 0.25) is 0 Å². The third-order valence-corrected chi connectivity index (χ3v) is 8.82. The summed E-state index contributed by atoms with van der Waals surface area (Å²) in [5, 5.41) is 2.83. The highest BCUT2D eigenvalue weighted by molar-refractivity contribution is 5.89. The van der Waals surface area contributed by atoms with Crippen molar-refractivity contribution in [2.75, 3.05) is 38.6 Å². The number of methoxy groups -OCH3 is 1. The van der Waals surface area contributed by atoms with E-state index in [1.165, 1.54) is 0 Å². The molecule has 1 aromatic carbocycles. The quantitative estimate of drug-likeness (QED) is 0.370. The van der Waals surface area contributed by atoms with Crippen LogP contribution in [0.15, 0.2) is 30.6 Å². The smallest absolute Gasteiger partial charge is 0.412 e. The number of aryl methyl sites for hydroxylation is 1. The van der Waals surface area contributed by atoms with Gasteiger partial charge in [0.05, 0.1) is 29.7 Å². The van der Waals surface area contributed by atoms with E-state index in [0.717, 1.165) is 93.0 Å².